The fraction of sp³-hybridized carbons (Fsp3) is 0.188. The number of aryl methyl sites for hydroxylation is 1. The van der Waals surface area contributed by atoms with Crippen molar-refractivity contribution in [1.29, 1.82) is 0 Å². The molecule has 0 aliphatic heterocycles. The van der Waals surface area contributed by atoms with E-state index in [-0.39, 0.29) is 6.61 Å². The highest BCUT2D eigenvalue weighted by Gasteiger charge is 2.08. The Hall–Kier alpha value is -1.71. The molecule has 0 spiro atoms. The van der Waals surface area contributed by atoms with E-state index in [1.54, 1.807) is 11.3 Å². The molecule has 0 saturated carbocycles. The SMILES string of the molecule is Cc1sc(Cc2cccc3ccccc23)nc1CO. The first-order valence-electron chi connectivity index (χ1n) is 6.30. The van der Waals surface area contributed by atoms with E-state index in [2.05, 4.69) is 47.4 Å². The number of rotatable bonds is 3. The minimum Gasteiger partial charge on any atom is -0.390 e. The van der Waals surface area contributed by atoms with Crippen LogP contribution < -0.4 is 0 Å². The zero-order valence-corrected chi connectivity index (χ0v) is 11.6. The number of aliphatic hydroxyl groups is 1. The lowest BCUT2D eigenvalue weighted by Crippen LogP contribution is -1.91. The predicted octanol–water partition coefficient (Wildman–Crippen LogP) is 3.69. The van der Waals surface area contributed by atoms with Gasteiger partial charge in [0.2, 0.25) is 0 Å². The molecule has 0 radical (unpaired) electrons. The van der Waals surface area contributed by atoms with Crippen LogP contribution in [0, 0.1) is 6.92 Å². The third-order valence-corrected chi connectivity index (χ3v) is 4.32. The van der Waals surface area contributed by atoms with Crippen molar-refractivity contribution in [2.75, 3.05) is 0 Å². The lowest BCUT2D eigenvalue weighted by molar-refractivity contribution is 0.276. The molecule has 0 bridgehead atoms. The average Bonchev–Trinajstić information content (AvgIpc) is 2.79. The standard InChI is InChI=1S/C16H15NOS/c1-11-15(10-18)17-16(19-11)9-13-7-4-6-12-5-2-3-8-14(12)13/h2-8,18H,9-10H2,1H3. The van der Waals surface area contributed by atoms with E-state index in [1.165, 1.54) is 16.3 Å². The second-order valence-corrected chi connectivity index (χ2v) is 5.87. The van der Waals surface area contributed by atoms with E-state index < -0.39 is 0 Å². The van der Waals surface area contributed by atoms with Crippen molar-refractivity contribution in [3.8, 4) is 0 Å². The summed E-state index contributed by atoms with van der Waals surface area (Å²) in [6, 6.07) is 14.8. The first-order chi connectivity index (χ1) is 9.28. The maximum atomic E-state index is 9.21. The highest BCUT2D eigenvalue weighted by Crippen LogP contribution is 2.24. The van der Waals surface area contributed by atoms with Crippen molar-refractivity contribution in [2.24, 2.45) is 0 Å². The van der Waals surface area contributed by atoms with Gasteiger partial charge in [-0.1, -0.05) is 42.5 Å². The topological polar surface area (TPSA) is 33.1 Å². The summed E-state index contributed by atoms with van der Waals surface area (Å²) in [5, 5.41) is 12.8. The summed E-state index contributed by atoms with van der Waals surface area (Å²) in [6.07, 6.45) is 0.826. The summed E-state index contributed by atoms with van der Waals surface area (Å²) in [6.45, 7) is 2.04. The van der Waals surface area contributed by atoms with E-state index in [0.717, 1.165) is 22.0 Å². The number of hydrogen-bond donors (Lipinski definition) is 1. The molecule has 0 aliphatic carbocycles. The molecule has 3 rings (SSSR count). The van der Waals surface area contributed by atoms with E-state index in [0.29, 0.717) is 0 Å². The minimum absolute atomic E-state index is 0.0257. The Morgan fingerprint density at radius 1 is 1.11 bits per heavy atom. The number of aliphatic hydroxyl groups excluding tert-OH is 1. The number of fused-ring (bicyclic) bond motifs is 1. The first-order valence-corrected chi connectivity index (χ1v) is 7.12. The Balaban J connectivity index is 2.00. The molecular weight excluding hydrogens is 254 g/mol. The number of aromatic nitrogens is 1. The van der Waals surface area contributed by atoms with Gasteiger partial charge in [0.1, 0.15) is 0 Å². The fourth-order valence-electron chi connectivity index (χ4n) is 2.32. The molecule has 3 aromatic rings. The maximum absolute atomic E-state index is 9.21. The quantitative estimate of drug-likeness (QED) is 0.786. The summed E-state index contributed by atoms with van der Waals surface area (Å²) < 4.78 is 0. The molecule has 1 N–H and O–H groups in total. The zero-order valence-electron chi connectivity index (χ0n) is 10.8. The Morgan fingerprint density at radius 2 is 1.89 bits per heavy atom. The van der Waals surface area contributed by atoms with Crippen LogP contribution in [0.15, 0.2) is 42.5 Å². The van der Waals surface area contributed by atoms with Crippen LogP contribution in [0.1, 0.15) is 21.1 Å². The van der Waals surface area contributed by atoms with Gasteiger partial charge in [0.05, 0.1) is 17.3 Å². The van der Waals surface area contributed by atoms with Gasteiger partial charge in [-0.2, -0.15) is 0 Å². The molecule has 3 heteroatoms. The van der Waals surface area contributed by atoms with Crippen molar-refractivity contribution in [3.05, 3.63) is 63.6 Å². The molecule has 19 heavy (non-hydrogen) atoms. The molecule has 2 nitrogen and oxygen atoms in total. The molecule has 0 atom stereocenters. The van der Waals surface area contributed by atoms with Gasteiger partial charge in [0.15, 0.2) is 0 Å². The maximum Gasteiger partial charge on any atom is 0.0976 e. The lowest BCUT2D eigenvalue weighted by atomic mass is 10.0. The third-order valence-electron chi connectivity index (χ3n) is 3.31. The molecule has 0 amide bonds. The van der Waals surface area contributed by atoms with E-state index in [4.69, 9.17) is 0 Å². The number of nitrogens with zero attached hydrogens (tertiary/aromatic N) is 1. The van der Waals surface area contributed by atoms with Crippen LogP contribution in [-0.4, -0.2) is 10.1 Å². The summed E-state index contributed by atoms with van der Waals surface area (Å²) >= 11 is 1.67. The van der Waals surface area contributed by atoms with Crippen molar-refractivity contribution in [3.63, 3.8) is 0 Å². The predicted molar refractivity (Wildman–Crippen MR) is 79.5 cm³/mol. The summed E-state index contributed by atoms with van der Waals surface area (Å²) in [4.78, 5) is 5.61. The molecule has 0 aliphatic rings. The van der Waals surface area contributed by atoms with Crippen LogP contribution in [0.4, 0.5) is 0 Å². The van der Waals surface area contributed by atoms with Crippen LogP contribution in [0.3, 0.4) is 0 Å². The molecular formula is C16H15NOS. The second-order valence-electron chi connectivity index (χ2n) is 4.58. The van der Waals surface area contributed by atoms with Crippen LogP contribution in [0.2, 0.25) is 0 Å². The normalized spacial score (nSPS) is 11.1. The highest BCUT2D eigenvalue weighted by molar-refractivity contribution is 7.11. The van der Waals surface area contributed by atoms with E-state index in [1.807, 2.05) is 6.92 Å². The Kier molecular flexibility index (Phi) is 3.32. The van der Waals surface area contributed by atoms with Gasteiger partial charge >= 0.3 is 0 Å². The van der Waals surface area contributed by atoms with Crippen LogP contribution in [0.25, 0.3) is 10.8 Å². The minimum atomic E-state index is 0.0257. The number of benzene rings is 2. The Bertz CT molecular complexity index is 712. The highest BCUT2D eigenvalue weighted by atomic mass is 32.1. The molecule has 1 heterocycles. The van der Waals surface area contributed by atoms with E-state index in [9.17, 15) is 5.11 Å². The largest absolute Gasteiger partial charge is 0.390 e. The summed E-state index contributed by atoms with van der Waals surface area (Å²) in [5.41, 5.74) is 2.09. The van der Waals surface area contributed by atoms with Crippen molar-refractivity contribution < 1.29 is 5.11 Å². The number of hydrogen-bond acceptors (Lipinski definition) is 3. The van der Waals surface area contributed by atoms with Gasteiger partial charge in [-0.05, 0) is 23.3 Å². The van der Waals surface area contributed by atoms with Gasteiger partial charge in [0, 0.05) is 11.3 Å². The summed E-state index contributed by atoms with van der Waals surface area (Å²) in [7, 11) is 0. The number of thiazole rings is 1. The third kappa shape index (κ3) is 2.39. The molecule has 96 valence electrons. The molecule has 0 fully saturated rings. The summed E-state index contributed by atoms with van der Waals surface area (Å²) in [5.74, 6) is 0. The van der Waals surface area contributed by atoms with Crippen LogP contribution in [-0.2, 0) is 13.0 Å². The molecule has 2 aromatic carbocycles. The van der Waals surface area contributed by atoms with Crippen LogP contribution in [0.5, 0.6) is 0 Å². The lowest BCUT2D eigenvalue weighted by Gasteiger charge is -2.04. The molecule has 0 saturated heterocycles. The van der Waals surface area contributed by atoms with Crippen molar-refractivity contribution in [1.82, 2.24) is 4.98 Å². The van der Waals surface area contributed by atoms with Gasteiger partial charge in [-0.3, -0.25) is 0 Å². The van der Waals surface area contributed by atoms with Crippen LogP contribution >= 0.6 is 11.3 Å². The van der Waals surface area contributed by atoms with Crippen molar-refractivity contribution >= 4 is 22.1 Å². The van der Waals surface area contributed by atoms with Gasteiger partial charge in [-0.25, -0.2) is 4.98 Å². The van der Waals surface area contributed by atoms with Gasteiger partial charge in [0.25, 0.3) is 0 Å². The zero-order chi connectivity index (χ0) is 13.2. The Labute approximate surface area is 116 Å². The van der Waals surface area contributed by atoms with Gasteiger partial charge in [-0.15, -0.1) is 11.3 Å². The monoisotopic (exact) mass is 269 g/mol. The second kappa shape index (κ2) is 5.11. The fourth-order valence-corrected chi connectivity index (χ4v) is 3.28. The van der Waals surface area contributed by atoms with Gasteiger partial charge < -0.3 is 5.11 Å². The van der Waals surface area contributed by atoms with E-state index >= 15 is 0 Å². The van der Waals surface area contributed by atoms with Crippen molar-refractivity contribution in [2.45, 2.75) is 20.0 Å². The smallest absolute Gasteiger partial charge is 0.0976 e. The molecule has 0 unspecified atom stereocenters. The Morgan fingerprint density at radius 3 is 2.68 bits per heavy atom. The average molecular weight is 269 g/mol. The molecule has 1 aromatic heterocycles. The first kappa shape index (κ1) is 12.3.